The Morgan fingerprint density at radius 1 is 0.852 bits per heavy atom. The molecule has 1 saturated heterocycles. The number of ether oxygens (including phenoxy) is 1. The lowest BCUT2D eigenvalue weighted by Gasteiger charge is -2.36. The summed E-state index contributed by atoms with van der Waals surface area (Å²) in [5, 5.41) is 2.02. The van der Waals surface area contributed by atoms with Gasteiger partial charge in [0.2, 0.25) is 5.91 Å². The molecule has 2 heterocycles. The number of amides is 1. The molecule has 1 amide bonds. The van der Waals surface area contributed by atoms with E-state index in [-0.39, 0.29) is 5.91 Å². The molecule has 1 aromatic heterocycles. The second-order valence-electron chi connectivity index (χ2n) is 6.53. The average molecular weight is 378 g/mol. The number of carbonyl (C=O) groups excluding carboxylic acids is 1. The SMILES string of the molecule is O=C(Cc1cccs1)N1CCN(c2ccc(Oc3ccccc3)cc2)CC1. The first-order valence-electron chi connectivity index (χ1n) is 9.16. The predicted octanol–water partition coefficient (Wildman–Crippen LogP) is 4.43. The highest BCUT2D eigenvalue weighted by Crippen LogP contribution is 2.25. The van der Waals surface area contributed by atoms with E-state index in [2.05, 4.69) is 17.0 Å². The van der Waals surface area contributed by atoms with Gasteiger partial charge in [-0.15, -0.1) is 11.3 Å². The van der Waals surface area contributed by atoms with Gasteiger partial charge in [-0.3, -0.25) is 4.79 Å². The van der Waals surface area contributed by atoms with Crippen LogP contribution < -0.4 is 9.64 Å². The Hall–Kier alpha value is -2.79. The van der Waals surface area contributed by atoms with Gasteiger partial charge >= 0.3 is 0 Å². The molecular formula is C22H22N2O2S. The maximum absolute atomic E-state index is 12.4. The highest BCUT2D eigenvalue weighted by molar-refractivity contribution is 7.10. The highest BCUT2D eigenvalue weighted by atomic mass is 32.1. The minimum atomic E-state index is 0.226. The Bertz CT molecular complexity index is 855. The molecule has 0 saturated carbocycles. The zero-order chi connectivity index (χ0) is 18.5. The lowest BCUT2D eigenvalue weighted by atomic mass is 10.2. The topological polar surface area (TPSA) is 32.8 Å². The van der Waals surface area contributed by atoms with Crippen LogP contribution in [-0.4, -0.2) is 37.0 Å². The number of hydrogen-bond donors (Lipinski definition) is 0. The first-order chi connectivity index (χ1) is 13.3. The summed E-state index contributed by atoms with van der Waals surface area (Å²) in [4.78, 5) is 17.9. The van der Waals surface area contributed by atoms with Gasteiger partial charge in [-0.1, -0.05) is 24.3 Å². The van der Waals surface area contributed by atoms with Crippen molar-refractivity contribution in [3.63, 3.8) is 0 Å². The quantitative estimate of drug-likeness (QED) is 0.658. The molecule has 4 nitrogen and oxygen atoms in total. The van der Waals surface area contributed by atoms with Crippen molar-refractivity contribution in [1.82, 2.24) is 4.90 Å². The summed E-state index contributed by atoms with van der Waals surface area (Å²) in [5.41, 5.74) is 1.17. The maximum atomic E-state index is 12.4. The average Bonchev–Trinajstić information content (AvgIpc) is 3.22. The van der Waals surface area contributed by atoms with Crippen molar-refractivity contribution in [1.29, 1.82) is 0 Å². The number of rotatable bonds is 5. The normalized spacial score (nSPS) is 14.2. The van der Waals surface area contributed by atoms with Crippen LogP contribution >= 0.6 is 11.3 Å². The van der Waals surface area contributed by atoms with E-state index in [1.54, 1.807) is 11.3 Å². The Balaban J connectivity index is 1.31. The standard InChI is InChI=1S/C22H22N2O2S/c25-22(17-21-7-4-16-27-21)24-14-12-23(13-15-24)18-8-10-20(11-9-18)26-19-5-2-1-3-6-19/h1-11,16H,12-15,17H2. The van der Waals surface area contributed by atoms with Crippen LogP contribution in [0.25, 0.3) is 0 Å². The minimum absolute atomic E-state index is 0.226. The molecule has 4 rings (SSSR count). The Morgan fingerprint density at radius 2 is 1.56 bits per heavy atom. The Labute approximate surface area is 163 Å². The Morgan fingerprint density at radius 3 is 2.22 bits per heavy atom. The molecule has 0 bridgehead atoms. The van der Waals surface area contributed by atoms with Crippen molar-refractivity contribution in [2.24, 2.45) is 0 Å². The first kappa shape index (κ1) is 17.6. The monoisotopic (exact) mass is 378 g/mol. The van der Waals surface area contributed by atoms with Crippen molar-refractivity contribution >= 4 is 22.9 Å². The van der Waals surface area contributed by atoms with Crippen LogP contribution in [0.1, 0.15) is 4.88 Å². The van der Waals surface area contributed by atoms with Gasteiger partial charge in [-0.05, 0) is 47.8 Å². The summed E-state index contributed by atoms with van der Waals surface area (Å²) in [5.74, 6) is 1.89. The summed E-state index contributed by atoms with van der Waals surface area (Å²) in [6.45, 7) is 3.25. The van der Waals surface area contributed by atoms with Crippen LogP contribution in [0.4, 0.5) is 5.69 Å². The number of thiophene rings is 1. The molecular weight excluding hydrogens is 356 g/mol. The van der Waals surface area contributed by atoms with Crippen LogP contribution in [0.5, 0.6) is 11.5 Å². The van der Waals surface area contributed by atoms with Crippen LogP contribution in [0.15, 0.2) is 72.1 Å². The highest BCUT2D eigenvalue weighted by Gasteiger charge is 2.21. The van der Waals surface area contributed by atoms with Gasteiger partial charge < -0.3 is 14.5 Å². The largest absolute Gasteiger partial charge is 0.457 e. The number of nitrogens with zero attached hydrogens (tertiary/aromatic N) is 2. The molecule has 1 fully saturated rings. The summed E-state index contributed by atoms with van der Waals surface area (Å²) < 4.78 is 5.85. The van der Waals surface area contributed by atoms with Gasteiger partial charge in [0, 0.05) is 36.7 Å². The van der Waals surface area contributed by atoms with Gasteiger partial charge in [0.05, 0.1) is 6.42 Å². The molecule has 0 radical (unpaired) electrons. The number of carbonyl (C=O) groups is 1. The van der Waals surface area contributed by atoms with Crippen molar-refractivity contribution in [3.8, 4) is 11.5 Å². The van der Waals surface area contributed by atoms with Crippen molar-refractivity contribution in [2.75, 3.05) is 31.1 Å². The molecule has 0 unspecified atom stereocenters. The first-order valence-corrected chi connectivity index (χ1v) is 10.0. The second kappa shape index (κ2) is 8.27. The molecule has 1 aliphatic heterocycles. The lowest BCUT2D eigenvalue weighted by Crippen LogP contribution is -2.49. The van der Waals surface area contributed by atoms with Crippen LogP contribution in [0.2, 0.25) is 0 Å². The third kappa shape index (κ3) is 4.49. The molecule has 0 N–H and O–H groups in total. The molecule has 0 spiro atoms. The van der Waals surface area contributed by atoms with Gasteiger partial charge in [0.1, 0.15) is 11.5 Å². The van der Waals surface area contributed by atoms with E-state index < -0.39 is 0 Å². The van der Waals surface area contributed by atoms with E-state index >= 15 is 0 Å². The van der Waals surface area contributed by atoms with E-state index in [4.69, 9.17) is 4.74 Å². The van der Waals surface area contributed by atoms with Gasteiger partial charge in [0.15, 0.2) is 0 Å². The number of para-hydroxylation sites is 1. The number of benzene rings is 2. The fourth-order valence-electron chi connectivity index (χ4n) is 3.24. The summed E-state index contributed by atoms with van der Waals surface area (Å²) in [7, 11) is 0. The second-order valence-corrected chi connectivity index (χ2v) is 7.57. The molecule has 27 heavy (non-hydrogen) atoms. The number of piperazine rings is 1. The fraction of sp³-hybridized carbons (Fsp3) is 0.227. The zero-order valence-electron chi connectivity index (χ0n) is 15.1. The number of hydrogen-bond acceptors (Lipinski definition) is 4. The summed E-state index contributed by atoms with van der Waals surface area (Å²) >= 11 is 1.64. The van der Waals surface area contributed by atoms with E-state index in [9.17, 15) is 4.79 Å². The molecule has 0 atom stereocenters. The van der Waals surface area contributed by atoms with Crippen LogP contribution in [0, 0.1) is 0 Å². The molecule has 0 aliphatic carbocycles. The molecule has 5 heteroatoms. The van der Waals surface area contributed by atoms with Gasteiger partial charge in [-0.25, -0.2) is 0 Å². The fourth-order valence-corrected chi connectivity index (χ4v) is 3.93. The van der Waals surface area contributed by atoms with Gasteiger partial charge in [0.25, 0.3) is 0 Å². The van der Waals surface area contributed by atoms with Crippen molar-refractivity contribution in [2.45, 2.75) is 6.42 Å². The molecule has 2 aromatic carbocycles. The third-order valence-corrected chi connectivity index (χ3v) is 5.60. The lowest BCUT2D eigenvalue weighted by molar-refractivity contribution is -0.130. The minimum Gasteiger partial charge on any atom is -0.457 e. The van der Waals surface area contributed by atoms with Crippen molar-refractivity contribution < 1.29 is 9.53 Å². The van der Waals surface area contributed by atoms with E-state index in [1.807, 2.05) is 64.9 Å². The smallest absolute Gasteiger partial charge is 0.227 e. The van der Waals surface area contributed by atoms with Crippen LogP contribution in [0.3, 0.4) is 0 Å². The summed E-state index contributed by atoms with van der Waals surface area (Å²) in [6, 6.07) is 22.0. The Kier molecular flexibility index (Phi) is 5.39. The predicted molar refractivity (Wildman–Crippen MR) is 110 cm³/mol. The van der Waals surface area contributed by atoms with E-state index in [1.165, 1.54) is 5.69 Å². The van der Waals surface area contributed by atoms with E-state index in [0.717, 1.165) is 42.6 Å². The molecule has 1 aliphatic rings. The van der Waals surface area contributed by atoms with E-state index in [0.29, 0.717) is 6.42 Å². The number of anilines is 1. The third-order valence-electron chi connectivity index (χ3n) is 4.72. The molecule has 3 aromatic rings. The van der Waals surface area contributed by atoms with Gasteiger partial charge in [-0.2, -0.15) is 0 Å². The maximum Gasteiger partial charge on any atom is 0.227 e. The zero-order valence-corrected chi connectivity index (χ0v) is 15.9. The van der Waals surface area contributed by atoms with Crippen molar-refractivity contribution in [3.05, 3.63) is 77.0 Å². The molecule has 138 valence electrons. The van der Waals surface area contributed by atoms with Crippen LogP contribution in [-0.2, 0) is 11.2 Å². The summed E-state index contributed by atoms with van der Waals surface area (Å²) in [6.07, 6.45) is 0.517.